The van der Waals surface area contributed by atoms with Crippen LogP contribution in [0.4, 0.5) is 4.79 Å². The number of sulfonamides is 1. The van der Waals surface area contributed by atoms with E-state index in [1.165, 1.54) is 11.0 Å². The highest BCUT2D eigenvalue weighted by Gasteiger charge is 2.62. The van der Waals surface area contributed by atoms with Gasteiger partial charge in [-0.1, -0.05) is 26.8 Å². The molecule has 3 fully saturated rings. The van der Waals surface area contributed by atoms with E-state index in [2.05, 4.69) is 26.9 Å². The van der Waals surface area contributed by atoms with Crippen molar-refractivity contribution in [3.8, 4) is 11.5 Å². The van der Waals surface area contributed by atoms with Crippen molar-refractivity contribution in [3.05, 3.63) is 43.1 Å². The number of hydrogen-bond donors (Lipinski definition) is 3. The number of fused-ring (bicyclic) bond motifs is 1. The molecule has 1 aromatic carbocycles. The summed E-state index contributed by atoms with van der Waals surface area (Å²) < 4.78 is 44.7. The van der Waals surface area contributed by atoms with Crippen molar-refractivity contribution < 1.29 is 41.8 Å². The summed E-state index contributed by atoms with van der Waals surface area (Å²) in [5.74, 6) is -1.49. The van der Waals surface area contributed by atoms with E-state index < -0.39 is 79.7 Å². The van der Waals surface area contributed by atoms with E-state index in [9.17, 15) is 27.6 Å². The minimum Gasteiger partial charge on any atom is -0.497 e. The summed E-state index contributed by atoms with van der Waals surface area (Å²) in [5.41, 5.74) is -2.56. The summed E-state index contributed by atoms with van der Waals surface area (Å²) in [6.45, 7) is 14.2. The number of rotatable bonds is 11. The first kappa shape index (κ1) is 36.9. The summed E-state index contributed by atoms with van der Waals surface area (Å²) in [5, 5.41) is 5.53. The van der Waals surface area contributed by atoms with Gasteiger partial charge in [0, 0.05) is 30.0 Å². The molecule has 5 unspecified atom stereocenters. The maximum absolute atomic E-state index is 14.4. The topological polar surface area (TPSA) is 182 Å². The number of nitrogens with one attached hydrogen (secondary N) is 3. The number of carbonyl (C=O) groups excluding carboxylic acids is 4. The number of ether oxygens (including phenoxy) is 3. The Kier molecular flexibility index (Phi) is 9.87. The van der Waals surface area contributed by atoms with Crippen molar-refractivity contribution in [3.63, 3.8) is 0 Å². The average molecular weight is 714 g/mol. The fourth-order valence-electron chi connectivity index (χ4n) is 6.14. The molecule has 2 aromatic rings. The predicted octanol–water partition coefficient (Wildman–Crippen LogP) is 3.20. The van der Waals surface area contributed by atoms with Gasteiger partial charge in [0.15, 0.2) is 0 Å². The van der Waals surface area contributed by atoms with Crippen LogP contribution in [-0.2, 0) is 29.1 Å². The van der Waals surface area contributed by atoms with Crippen LogP contribution in [-0.4, -0.2) is 90.3 Å². The molecule has 1 aliphatic heterocycles. The fraction of sp³-hybridized carbons (Fsp3) is 0.571. The zero-order valence-corrected chi connectivity index (χ0v) is 30.4. The molecule has 50 heavy (non-hydrogen) atoms. The summed E-state index contributed by atoms with van der Waals surface area (Å²) >= 11 is 0. The van der Waals surface area contributed by atoms with Crippen molar-refractivity contribution >= 4 is 44.7 Å². The summed E-state index contributed by atoms with van der Waals surface area (Å²) in [6, 6.07) is 4.78. The van der Waals surface area contributed by atoms with Crippen molar-refractivity contribution in [1.29, 1.82) is 0 Å². The SMILES string of the molecule is C=CC1CC1(NC(=O)C1CC(Oc2ccnc3cc(OC)ccc23)CN1C(=O)C(NC(=O)OC(C)(C)C)C(C)(C)C)C(=O)NS(=O)(=O)C1CC1. The lowest BCUT2D eigenvalue weighted by Gasteiger charge is -2.36. The first-order valence-electron chi connectivity index (χ1n) is 16.7. The lowest BCUT2D eigenvalue weighted by Crippen LogP contribution is -2.60. The van der Waals surface area contributed by atoms with Crippen LogP contribution in [0.2, 0.25) is 0 Å². The van der Waals surface area contributed by atoms with Gasteiger partial charge < -0.3 is 29.7 Å². The van der Waals surface area contributed by atoms with Crippen LogP contribution in [0.3, 0.4) is 0 Å². The predicted molar refractivity (Wildman–Crippen MR) is 185 cm³/mol. The number of nitrogens with zero attached hydrogens (tertiary/aromatic N) is 2. The average Bonchev–Trinajstić information content (AvgIpc) is 3.95. The van der Waals surface area contributed by atoms with Gasteiger partial charge >= 0.3 is 6.09 Å². The molecular formula is C35H47N5O9S. The highest BCUT2D eigenvalue weighted by molar-refractivity contribution is 7.91. The molecule has 4 amide bonds. The maximum atomic E-state index is 14.4. The van der Waals surface area contributed by atoms with E-state index in [0.29, 0.717) is 35.2 Å². The molecule has 5 atom stereocenters. The van der Waals surface area contributed by atoms with Gasteiger partial charge in [-0.15, -0.1) is 6.58 Å². The molecule has 3 aliphatic rings. The smallest absolute Gasteiger partial charge is 0.408 e. The summed E-state index contributed by atoms with van der Waals surface area (Å²) in [7, 11) is -2.34. The van der Waals surface area contributed by atoms with E-state index in [-0.39, 0.29) is 19.4 Å². The van der Waals surface area contributed by atoms with E-state index in [1.807, 2.05) is 0 Å². The number of likely N-dealkylation sites (tertiary alicyclic amines) is 1. The lowest BCUT2D eigenvalue weighted by atomic mass is 9.85. The monoisotopic (exact) mass is 713 g/mol. The molecule has 3 N–H and O–H groups in total. The summed E-state index contributed by atoms with van der Waals surface area (Å²) in [4.78, 5) is 60.7. The summed E-state index contributed by atoms with van der Waals surface area (Å²) in [6.07, 6.45) is 2.71. The van der Waals surface area contributed by atoms with E-state index in [0.717, 1.165) is 0 Å². The van der Waals surface area contributed by atoms with Gasteiger partial charge in [-0.3, -0.25) is 24.1 Å². The Bertz CT molecular complexity index is 1800. The molecule has 5 rings (SSSR count). The Hall–Kier alpha value is -4.40. The van der Waals surface area contributed by atoms with Gasteiger partial charge in [-0.25, -0.2) is 13.2 Å². The molecule has 0 radical (unpaired) electrons. The maximum Gasteiger partial charge on any atom is 0.408 e. The van der Waals surface area contributed by atoms with Crippen LogP contribution in [0.25, 0.3) is 10.9 Å². The van der Waals surface area contributed by atoms with Crippen molar-refractivity contribution in [2.45, 2.75) is 102 Å². The number of carbonyl (C=O) groups is 4. The number of aromatic nitrogens is 1. The minimum absolute atomic E-state index is 0.0282. The largest absolute Gasteiger partial charge is 0.497 e. The molecular weight excluding hydrogens is 666 g/mol. The van der Waals surface area contributed by atoms with Gasteiger partial charge in [-0.05, 0) is 63.6 Å². The third kappa shape index (κ3) is 7.98. The second kappa shape index (κ2) is 13.4. The molecule has 1 saturated heterocycles. The molecule has 2 heterocycles. The molecule has 272 valence electrons. The Morgan fingerprint density at radius 3 is 2.38 bits per heavy atom. The first-order valence-corrected chi connectivity index (χ1v) is 18.2. The second-order valence-corrected chi connectivity index (χ2v) is 17.3. The minimum atomic E-state index is -3.89. The molecule has 15 heteroatoms. The van der Waals surface area contributed by atoms with Crippen LogP contribution >= 0.6 is 0 Å². The normalized spacial score (nSPS) is 24.1. The Morgan fingerprint density at radius 1 is 1.10 bits per heavy atom. The zero-order chi connectivity index (χ0) is 36.8. The molecule has 2 saturated carbocycles. The Balaban J connectivity index is 1.44. The number of pyridine rings is 1. The van der Waals surface area contributed by atoms with Crippen LogP contribution in [0, 0.1) is 11.3 Å². The second-order valence-electron chi connectivity index (χ2n) is 15.3. The van der Waals surface area contributed by atoms with Gasteiger partial charge in [0.25, 0.3) is 5.91 Å². The molecule has 1 aromatic heterocycles. The molecule has 2 aliphatic carbocycles. The Labute approximate surface area is 292 Å². The Morgan fingerprint density at radius 2 is 1.80 bits per heavy atom. The van der Waals surface area contributed by atoms with Gasteiger partial charge in [0.1, 0.15) is 40.8 Å². The third-order valence-corrected chi connectivity index (χ3v) is 10.9. The van der Waals surface area contributed by atoms with Crippen molar-refractivity contribution in [2.24, 2.45) is 11.3 Å². The molecule has 0 spiro atoms. The van der Waals surface area contributed by atoms with E-state index >= 15 is 0 Å². The number of benzene rings is 1. The fourth-order valence-corrected chi connectivity index (χ4v) is 7.51. The zero-order valence-electron chi connectivity index (χ0n) is 29.6. The third-order valence-electron chi connectivity index (χ3n) is 9.07. The number of alkyl carbamates (subject to hydrolysis) is 1. The van der Waals surface area contributed by atoms with E-state index in [1.54, 1.807) is 79.1 Å². The van der Waals surface area contributed by atoms with Gasteiger partial charge in [0.05, 0.1) is 24.4 Å². The first-order chi connectivity index (χ1) is 23.3. The van der Waals surface area contributed by atoms with Gasteiger partial charge in [0.2, 0.25) is 21.8 Å². The molecule has 14 nitrogen and oxygen atoms in total. The van der Waals surface area contributed by atoms with Crippen LogP contribution in [0.1, 0.15) is 67.2 Å². The number of hydrogen-bond acceptors (Lipinski definition) is 10. The van der Waals surface area contributed by atoms with Crippen molar-refractivity contribution in [2.75, 3.05) is 13.7 Å². The quantitative estimate of drug-likeness (QED) is 0.293. The van der Waals surface area contributed by atoms with Crippen molar-refractivity contribution in [1.82, 2.24) is 25.2 Å². The number of amides is 4. The highest BCUT2D eigenvalue weighted by atomic mass is 32.2. The van der Waals surface area contributed by atoms with Crippen LogP contribution in [0.5, 0.6) is 11.5 Å². The highest BCUT2D eigenvalue weighted by Crippen LogP contribution is 2.45. The van der Waals surface area contributed by atoms with Gasteiger partial charge in [-0.2, -0.15) is 0 Å². The lowest BCUT2D eigenvalue weighted by molar-refractivity contribution is -0.143. The number of methoxy groups -OCH3 is 1. The standard InChI is InChI=1S/C35H47N5O9S/c1-9-20-18-35(20,31(43)39-50(45,46)23-11-12-23)38-29(41)26-17-22(48-27-14-15-36-25-16-21(47-8)10-13-24(25)27)19-40(26)30(42)28(33(2,3)4)37-32(44)49-34(5,6)7/h9-10,13-16,20,22-23,26,28H,1,11-12,17-19H2,2-8H3,(H,37,44)(H,38,41)(H,39,43). The van der Waals surface area contributed by atoms with Crippen LogP contribution < -0.4 is 24.8 Å². The van der Waals surface area contributed by atoms with E-state index in [4.69, 9.17) is 14.2 Å². The van der Waals surface area contributed by atoms with Crippen LogP contribution in [0.15, 0.2) is 43.1 Å². The molecule has 0 bridgehead atoms.